The zero-order valence-electron chi connectivity index (χ0n) is 10.2. The van der Waals surface area contributed by atoms with Crippen molar-refractivity contribution in [1.82, 2.24) is 10.3 Å². The molecule has 18 heavy (non-hydrogen) atoms. The fraction of sp³-hybridized carbons (Fsp3) is 0.357. The zero-order valence-corrected chi connectivity index (χ0v) is 11.0. The first-order valence-electron chi connectivity index (χ1n) is 6.17. The van der Waals surface area contributed by atoms with E-state index in [-0.39, 0.29) is 0 Å². The lowest BCUT2D eigenvalue weighted by Crippen LogP contribution is -2.16. The first-order chi connectivity index (χ1) is 8.75. The van der Waals surface area contributed by atoms with E-state index in [1.807, 2.05) is 25.1 Å². The lowest BCUT2D eigenvalue weighted by molar-refractivity contribution is 0.569. The maximum atomic E-state index is 6.14. The predicted octanol–water partition coefficient (Wildman–Crippen LogP) is 3.56. The van der Waals surface area contributed by atoms with Gasteiger partial charge in [0.1, 0.15) is 5.69 Å². The fourth-order valence-electron chi connectivity index (χ4n) is 2.00. The van der Waals surface area contributed by atoms with Gasteiger partial charge in [0.05, 0.1) is 0 Å². The van der Waals surface area contributed by atoms with E-state index in [1.165, 1.54) is 19.2 Å². The number of halogens is 1. The van der Waals surface area contributed by atoms with Crippen molar-refractivity contribution in [1.29, 1.82) is 0 Å². The molecule has 0 bridgehead atoms. The Morgan fingerprint density at radius 3 is 3.06 bits per heavy atom. The molecule has 1 aromatic heterocycles. The molecule has 0 unspecified atom stereocenters. The molecule has 0 amide bonds. The smallest absolute Gasteiger partial charge is 0.181 e. The van der Waals surface area contributed by atoms with Gasteiger partial charge in [0, 0.05) is 23.2 Å². The van der Waals surface area contributed by atoms with Crippen molar-refractivity contribution >= 4 is 11.6 Å². The molecule has 0 aliphatic heterocycles. The average molecular weight is 263 g/mol. The van der Waals surface area contributed by atoms with E-state index in [4.69, 9.17) is 16.0 Å². The number of aromatic nitrogens is 1. The van der Waals surface area contributed by atoms with Crippen LogP contribution in [0.2, 0.25) is 5.02 Å². The average Bonchev–Trinajstić information content (AvgIpc) is 3.08. The van der Waals surface area contributed by atoms with Crippen LogP contribution in [-0.4, -0.2) is 11.0 Å². The maximum absolute atomic E-state index is 6.14. The summed E-state index contributed by atoms with van der Waals surface area (Å²) in [7, 11) is 0. The highest BCUT2D eigenvalue weighted by Crippen LogP contribution is 2.30. The zero-order chi connectivity index (χ0) is 12.5. The van der Waals surface area contributed by atoms with Crippen LogP contribution in [0.1, 0.15) is 24.1 Å². The molecular weight excluding hydrogens is 248 g/mol. The van der Waals surface area contributed by atoms with Gasteiger partial charge >= 0.3 is 0 Å². The first-order valence-corrected chi connectivity index (χ1v) is 6.54. The van der Waals surface area contributed by atoms with Crippen molar-refractivity contribution in [3.05, 3.63) is 40.9 Å². The number of oxazole rings is 1. The summed E-state index contributed by atoms with van der Waals surface area (Å²) < 4.78 is 5.53. The largest absolute Gasteiger partial charge is 0.443 e. The molecule has 3 nitrogen and oxygen atoms in total. The minimum atomic E-state index is 0.662. The minimum Gasteiger partial charge on any atom is -0.443 e. The first kappa shape index (κ1) is 11.8. The van der Waals surface area contributed by atoms with Gasteiger partial charge in [-0.3, -0.25) is 0 Å². The summed E-state index contributed by atoms with van der Waals surface area (Å²) in [4.78, 5) is 4.29. The van der Waals surface area contributed by atoms with Crippen LogP contribution in [0.4, 0.5) is 0 Å². The van der Waals surface area contributed by atoms with Crippen molar-refractivity contribution in [3.63, 3.8) is 0 Å². The molecule has 1 aliphatic rings. The topological polar surface area (TPSA) is 38.1 Å². The van der Waals surface area contributed by atoms with Crippen molar-refractivity contribution < 1.29 is 4.42 Å². The molecule has 1 saturated carbocycles. The number of hydrogen-bond acceptors (Lipinski definition) is 3. The monoisotopic (exact) mass is 262 g/mol. The molecule has 4 heteroatoms. The second-order valence-electron chi connectivity index (χ2n) is 4.70. The molecule has 1 heterocycles. The third kappa shape index (κ3) is 2.28. The van der Waals surface area contributed by atoms with Gasteiger partial charge in [-0.15, -0.1) is 0 Å². The summed E-state index contributed by atoms with van der Waals surface area (Å²) in [5.74, 6) is 0.822. The van der Waals surface area contributed by atoms with Crippen molar-refractivity contribution in [2.45, 2.75) is 32.4 Å². The Hall–Kier alpha value is -1.32. The number of benzene rings is 1. The summed E-state index contributed by atoms with van der Waals surface area (Å²) in [6, 6.07) is 6.50. The molecule has 0 radical (unpaired) electrons. The molecular formula is C14H15ClN2O. The van der Waals surface area contributed by atoms with Gasteiger partial charge in [0.15, 0.2) is 12.2 Å². The molecule has 0 atom stereocenters. The van der Waals surface area contributed by atoms with Gasteiger partial charge in [-0.1, -0.05) is 23.7 Å². The van der Waals surface area contributed by atoms with E-state index in [9.17, 15) is 0 Å². The third-order valence-electron chi connectivity index (χ3n) is 3.29. The van der Waals surface area contributed by atoms with Crippen molar-refractivity contribution in [2.75, 3.05) is 0 Å². The Morgan fingerprint density at radius 1 is 1.44 bits per heavy atom. The van der Waals surface area contributed by atoms with Crippen LogP contribution in [0.3, 0.4) is 0 Å². The molecule has 1 aromatic carbocycles. The quantitative estimate of drug-likeness (QED) is 0.916. The van der Waals surface area contributed by atoms with Crippen LogP contribution in [0.5, 0.6) is 0 Å². The van der Waals surface area contributed by atoms with Gasteiger partial charge in [0.25, 0.3) is 0 Å². The Labute approximate surface area is 111 Å². The van der Waals surface area contributed by atoms with E-state index in [2.05, 4.69) is 10.3 Å². The second-order valence-corrected chi connectivity index (χ2v) is 5.10. The van der Waals surface area contributed by atoms with Crippen LogP contribution >= 0.6 is 11.6 Å². The lowest BCUT2D eigenvalue weighted by atomic mass is 10.1. The van der Waals surface area contributed by atoms with Gasteiger partial charge in [-0.25, -0.2) is 4.98 Å². The molecule has 94 valence electrons. The molecule has 1 N–H and O–H groups in total. The molecule has 0 saturated heterocycles. The van der Waals surface area contributed by atoms with E-state index >= 15 is 0 Å². The van der Waals surface area contributed by atoms with E-state index in [0.717, 1.165) is 34.1 Å². The van der Waals surface area contributed by atoms with Crippen LogP contribution < -0.4 is 5.32 Å². The normalized spacial score (nSPS) is 15.0. The molecule has 1 aliphatic carbocycles. The standard InChI is InChI=1S/C14H15ClN2O/c1-9-11(3-2-4-12(9)15)14-13(17-8-18-14)7-16-10-5-6-10/h2-4,8,10,16H,5-7H2,1H3. The number of nitrogens with zero attached hydrogens (tertiary/aromatic N) is 1. The van der Waals surface area contributed by atoms with Gasteiger partial charge in [-0.05, 0) is 31.4 Å². The summed E-state index contributed by atoms with van der Waals surface area (Å²) in [6.07, 6.45) is 4.03. The third-order valence-corrected chi connectivity index (χ3v) is 3.70. The summed E-state index contributed by atoms with van der Waals surface area (Å²) in [6.45, 7) is 2.75. The Balaban J connectivity index is 1.90. The van der Waals surface area contributed by atoms with E-state index < -0.39 is 0 Å². The Bertz CT molecular complexity index is 561. The van der Waals surface area contributed by atoms with E-state index in [1.54, 1.807) is 0 Å². The maximum Gasteiger partial charge on any atom is 0.181 e. The lowest BCUT2D eigenvalue weighted by Gasteiger charge is -2.07. The summed E-state index contributed by atoms with van der Waals surface area (Å²) in [5, 5.41) is 4.20. The molecule has 0 spiro atoms. The summed E-state index contributed by atoms with van der Waals surface area (Å²) in [5.41, 5.74) is 3.00. The molecule has 3 rings (SSSR count). The van der Waals surface area contributed by atoms with Crippen molar-refractivity contribution in [3.8, 4) is 11.3 Å². The van der Waals surface area contributed by atoms with Crippen molar-refractivity contribution in [2.24, 2.45) is 0 Å². The Morgan fingerprint density at radius 2 is 2.28 bits per heavy atom. The van der Waals surface area contributed by atoms with Gasteiger partial charge in [-0.2, -0.15) is 0 Å². The number of rotatable bonds is 4. The van der Waals surface area contributed by atoms with Crippen LogP contribution in [-0.2, 0) is 6.54 Å². The Kier molecular flexibility index (Phi) is 3.10. The number of nitrogens with one attached hydrogen (secondary N) is 1. The SMILES string of the molecule is Cc1c(Cl)cccc1-c1ocnc1CNC1CC1. The second kappa shape index (κ2) is 4.75. The number of hydrogen-bond donors (Lipinski definition) is 1. The fourth-order valence-corrected chi connectivity index (χ4v) is 2.17. The molecule has 1 fully saturated rings. The highest BCUT2D eigenvalue weighted by Gasteiger charge is 2.22. The summed E-state index contributed by atoms with van der Waals surface area (Å²) >= 11 is 6.14. The van der Waals surface area contributed by atoms with Crippen LogP contribution in [0, 0.1) is 6.92 Å². The predicted molar refractivity (Wildman–Crippen MR) is 71.5 cm³/mol. The highest BCUT2D eigenvalue weighted by molar-refractivity contribution is 6.31. The van der Waals surface area contributed by atoms with Crippen LogP contribution in [0.15, 0.2) is 29.0 Å². The van der Waals surface area contributed by atoms with E-state index in [0.29, 0.717) is 6.04 Å². The highest BCUT2D eigenvalue weighted by atomic mass is 35.5. The van der Waals surface area contributed by atoms with Gasteiger partial charge in [0.2, 0.25) is 0 Å². The minimum absolute atomic E-state index is 0.662. The molecule has 2 aromatic rings. The van der Waals surface area contributed by atoms with Crippen LogP contribution in [0.25, 0.3) is 11.3 Å². The van der Waals surface area contributed by atoms with Gasteiger partial charge < -0.3 is 9.73 Å².